The maximum absolute atomic E-state index is 13.1. The second kappa shape index (κ2) is 7.57. The minimum Gasteiger partial charge on any atom is -0.458 e. The number of nitrogens with one attached hydrogen (secondary N) is 3. The molecule has 5 rings (SSSR count). The molecule has 1 fully saturated rings. The molecule has 0 saturated carbocycles. The average molecular weight is 484 g/mol. The Hall–Kier alpha value is -3.90. The highest BCUT2D eigenvalue weighted by Gasteiger charge is 2.53. The Morgan fingerprint density at radius 1 is 1.15 bits per heavy atom. The summed E-state index contributed by atoms with van der Waals surface area (Å²) in [6.45, 7) is 2.13. The lowest BCUT2D eigenvalue weighted by molar-refractivity contribution is -0.125. The van der Waals surface area contributed by atoms with E-state index in [4.69, 9.17) is 9.56 Å². The Morgan fingerprint density at radius 3 is 2.62 bits per heavy atom. The Balaban J connectivity index is 1.52. The SMILES string of the molecule is CCc1ccc2c(c1)C(=O)N(C[C@@]1(c3cc4cc(NS(N)(=O)=O)ccc4o3)NC(=O)NC1=O)C2. The van der Waals surface area contributed by atoms with Gasteiger partial charge in [0.15, 0.2) is 5.54 Å². The second-order valence-corrected chi connectivity index (χ2v) is 9.62. The predicted octanol–water partition coefficient (Wildman–Crippen LogP) is 1.30. The van der Waals surface area contributed by atoms with Gasteiger partial charge in [-0.3, -0.25) is 19.6 Å². The summed E-state index contributed by atoms with van der Waals surface area (Å²) in [5, 5.41) is 10.4. The van der Waals surface area contributed by atoms with E-state index in [1.54, 1.807) is 0 Å². The Labute approximate surface area is 194 Å². The molecule has 3 aromatic rings. The van der Waals surface area contributed by atoms with Gasteiger partial charge in [-0.25, -0.2) is 9.93 Å². The number of urea groups is 1. The van der Waals surface area contributed by atoms with Crippen molar-refractivity contribution >= 4 is 44.7 Å². The van der Waals surface area contributed by atoms with Crippen LogP contribution in [0.3, 0.4) is 0 Å². The van der Waals surface area contributed by atoms with Crippen molar-refractivity contribution in [2.75, 3.05) is 11.3 Å². The van der Waals surface area contributed by atoms with Gasteiger partial charge in [0, 0.05) is 17.5 Å². The number of hydrogen-bond donors (Lipinski definition) is 4. The second-order valence-electron chi connectivity index (χ2n) is 8.33. The van der Waals surface area contributed by atoms with Crippen molar-refractivity contribution in [3.05, 3.63) is 64.9 Å². The Morgan fingerprint density at radius 2 is 1.94 bits per heavy atom. The van der Waals surface area contributed by atoms with Crippen LogP contribution in [0.5, 0.6) is 0 Å². The van der Waals surface area contributed by atoms with Gasteiger partial charge < -0.3 is 14.6 Å². The van der Waals surface area contributed by atoms with E-state index in [9.17, 15) is 22.8 Å². The molecule has 12 heteroatoms. The van der Waals surface area contributed by atoms with E-state index in [-0.39, 0.29) is 30.4 Å². The smallest absolute Gasteiger partial charge is 0.322 e. The molecule has 1 saturated heterocycles. The fraction of sp³-hybridized carbons (Fsp3) is 0.227. The molecule has 0 unspecified atom stereocenters. The van der Waals surface area contributed by atoms with Crippen LogP contribution < -0.4 is 20.5 Å². The molecule has 1 atom stereocenters. The summed E-state index contributed by atoms with van der Waals surface area (Å²) in [6.07, 6.45) is 0.782. The summed E-state index contributed by atoms with van der Waals surface area (Å²) in [6, 6.07) is 11.0. The number of imide groups is 1. The summed E-state index contributed by atoms with van der Waals surface area (Å²) in [4.78, 5) is 39.8. The first-order chi connectivity index (χ1) is 16.1. The molecule has 5 N–H and O–H groups in total. The molecule has 2 aliphatic heterocycles. The highest BCUT2D eigenvalue weighted by molar-refractivity contribution is 7.90. The van der Waals surface area contributed by atoms with Gasteiger partial charge in [-0.05, 0) is 47.9 Å². The van der Waals surface area contributed by atoms with Crippen molar-refractivity contribution in [3.63, 3.8) is 0 Å². The Kier molecular flexibility index (Phi) is 4.88. The number of hydrogen-bond acceptors (Lipinski definition) is 6. The number of anilines is 1. The number of amides is 4. The molecule has 3 heterocycles. The van der Waals surface area contributed by atoms with Crippen LogP contribution in [0.25, 0.3) is 11.0 Å². The van der Waals surface area contributed by atoms with Gasteiger partial charge in [0.2, 0.25) is 0 Å². The van der Waals surface area contributed by atoms with Crippen LogP contribution in [0, 0.1) is 0 Å². The van der Waals surface area contributed by atoms with Crippen molar-refractivity contribution in [1.82, 2.24) is 15.5 Å². The van der Waals surface area contributed by atoms with Gasteiger partial charge in [-0.2, -0.15) is 8.42 Å². The first kappa shape index (κ1) is 21.9. The first-order valence-electron chi connectivity index (χ1n) is 10.5. The number of carbonyl (C=O) groups excluding carboxylic acids is 3. The first-order valence-corrected chi connectivity index (χ1v) is 12.0. The van der Waals surface area contributed by atoms with Crippen molar-refractivity contribution in [3.8, 4) is 0 Å². The fourth-order valence-corrected chi connectivity index (χ4v) is 4.83. The zero-order valence-electron chi connectivity index (χ0n) is 18.0. The van der Waals surface area contributed by atoms with Crippen LogP contribution in [0.2, 0.25) is 0 Å². The standard InChI is InChI=1S/C22H21N5O6S/c1-2-12-3-4-13-10-27(19(28)16(13)7-12)11-22(20(29)24-21(30)25-22)18-9-14-8-15(26-34(23,31)32)5-6-17(14)33-18/h3-9,26H,2,10-11H2,1H3,(H2,23,31,32)(H2,24,25,29,30)/t22-/m0/s1. The molecule has 4 amide bonds. The number of rotatable bonds is 6. The average Bonchev–Trinajstić information content (AvgIpc) is 3.41. The van der Waals surface area contributed by atoms with Gasteiger partial charge in [0.1, 0.15) is 11.3 Å². The molecule has 0 aliphatic carbocycles. The number of furan rings is 1. The van der Waals surface area contributed by atoms with E-state index in [0.29, 0.717) is 16.5 Å². The zero-order chi connectivity index (χ0) is 24.3. The lowest BCUT2D eigenvalue weighted by Crippen LogP contribution is -2.52. The molecule has 34 heavy (non-hydrogen) atoms. The largest absolute Gasteiger partial charge is 0.458 e. The maximum Gasteiger partial charge on any atom is 0.322 e. The van der Waals surface area contributed by atoms with Crippen LogP contribution in [0.15, 0.2) is 46.9 Å². The topological polar surface area (TPSA) is 164 Å². The highest BCUT2D eigenvalue weighted by atomic mass is 32.2. The molecule has 1 aromatic heterocycles. The van der Waals surface area contributed by atoms with Crippen molar-refractivity contribution in [2.45, 2.75) is 25.4 Å². The normalized spacial score (nSPS) is 19.9. The zero-order valence-corrected chi connectivity index (χ0v) is 18.9. The summed E-state index contributed by atoms with van der Waals surface area (Å²) >= 11 is 0. The number of nitrogens with zero attached hydrogens (tertiary/aromatic N) is 1. The van der Waals surface area contributed by atoms with Gasteiger partial charge in [0.05, 0.1) is 12.2 Å². The van der Waals surface area contributed by atoms with Gasteiger partial charge in [-0.15, -0.1) is 0 Å². The molecule has 0 radical (unpaired) electrons. The molecule has 0 spiro atoms. The lowest BCUT2D eigenvalue weighted by atomic mass is 9.95. The van der Waals surface area contributed by atoms with E-state index in [2.05, 4.69) is 15.4 Å². The van der Waals surface area contributed by atoms with Crippen LogP contribution in [0.4, 0.5) is 10.5 Å². The molecular formula is C22H21N5O6S. The van der Waals surface area contributed by atoms with Crippen LogP contribution in [-0.2, 0) is 33.5 Å². The summed E-state index contributed by atoms with van der Waals surface area (Å²) in [5.41, 5.74) is 1.33. The molecular weight excluding hydrogens is 462 g/mol. The third-order valence-corrected chi connectivity index (χ3v) is 6.55. The van der Waals surface area contributed by atoms with Crippen molar-refractivity contribution in [1.29, 1.82) is 0 Å². The maximum atomic E-state index is 13.1. The quantitative estimate of drug-likeness (QED) is 0.386. The lowest BCUT2D eigenvalue weighted by Gasteiger charge is -2.29. The molecule has 2 aromatic carbocycles. The van der Waals surface area contributed by atoms with Gasteiger partial charge in [0.25, 0.3) is 22.0 Å². The van der Waals surface area contributed by atoms with Crippen LogP contribution in [0.1, 0.15) is 34.2 Å². The van der Waals surface area contributed by atoms with Crippen molar-refractivity contribution < 1.29 is 27.2 Å². The number of carbonyl (C=O) groups is 3. The summed E-state index contributed by atoms with van der Waals surface area (Å²) in [7, 11) is -3.98. The minimum absolute atomic E-state index is 0.108. The molecule has 176 valence electrons. The Bertz CT molecular complexity index is 1480. The van der Waals surface area contributed by atoms with Gasteiger partial charge >= 0.3 is 6.03 Å². The molecule has 11 nitrogen and oxygen atoms in total. The third-order valence-electron chi connectivity index (χ3n) is 6.03. The van der Waals surface area contributed by atoms with Crippen LogP contribution >= 0.6 is 0 Å². The monoisotopic (exact) mass is 483 g/mol. The van der Waals surface area contributed by atoms with E-state index in [1.165, 1.54) is 29.2 Å². The fourth-order valence-electron chi connectivity index (χ4n) is 4.38. The van der Waals surface area contributed by atoms with Crippen molar-refractivity contribution in [2.24, 2.45) is 5.14 Å². The van der Waals surface area contributed by atoms with E-state index >= 15 is 0 Å². The predicted molar refractivity (Wildman–Crippen MR) is 122 cm³/mol. The number of benzene rings is 2. The van der Waals surface area contributed by atoms with E-state index in [1.807, 2.05) is 25.1 Å². The summed E-state index contributed by atoms with van der Waals surface area (Å²) < 4.78 is 30.8. The van der Waals surface area contributed by atoms with Crippen LogP contribution in [-0.4, -0.2) is 37.7 Å². The third kappa shape index (κ3) is 3.66. The molecule has 2 aliphatic rings. The number of fused-ring (bicyclic) bond motifs is 2. The number of nitrogens with two attached hydrogens (primary N) is 1. The molecule has 0 bridgehead atoms. The van der Waals surface area contributed by atoms with E-state index in [0.717, 1.165) is 17.5 Å². The summed E-state index contributed by atoms with van der Waals surface area (Å²) in [5.74, 6) is -0.788. The number of aryl methyl sites for hydroxylation is 1. The van der Waals surface area contributed by atoms with E-state index < -0.39 is 27.7 Å². The van der Waals surface area contributed by atoms with Gasteiger partial charge in [-0.1, -0.05) is 19.1 Å². The minimum atomic E-state index is -3.98. The highest BCUT2D eigenvalue weighted by Crippen LogP contribution is 2.35.